The van der Waals surface area contributed by atoms with Crippen molar-refractivity contribution in [1.82, 2.24) is 15.5 Å². The van der Waals surface area contributed by atoms with Crippen LogP contribution in [0.25, 0.3) is 0 Å². The third kappa shape index (κ3) is 10.5. The third-order valence-electron chi connectivity index (χ3n) is 4.78. The van der Waals surface area contributed by atoms with Crippen molar-refractivity contribution in [3.05, 3.63) is 0 Å². The number of rotatable bonds is 15. The number of hydrogen-bond acceptors (Lipinski definition) is 9. The molecular formula is C20H30N4O12. The SMILES string of the molecule is CC(=O)N(C(=O)C(NC(=O)C(CCC(=O)O)NC(=O)C(N)CC(=O)O)C(C)C)C(CC(=O)O)C(=O)O. The Morgan fingerprint density at radius 2 is 1.33 bits per heavy atom. The van der Waals surface area contributed by atoms with Gasteiger partial charge in [-0.15, -0.1) is 0 Å². The standard InChI is InChI=1S/C20H30N4O12/c1-8(2)16(19(34)24(9(3)25)12(20(35)36)7-15(30)31)23-18(33)11(4-5-13(26)27)22-17(32)10(21)6-14(28)29/h8,10-12,16H,4-7,21H2,1-3H3,(H,22,32)(H,23,33)(H,26,27)(H,28,29)(H,30,31)(H,35,36). The van der Waals surface area contributed by atoms with Gasteiger partial charge in [-0.05, 0) is 12.3 Å². The molecule has 0 aliphatic rings. The number of carboxylic acids is 4. The fraction of sp³-hybridized carbons (Fsp3) is 0.600. The van der Waals surface area contributed by atoms with Crippen LogP contribution in [0.15, 0.2) is 0 Å². The van der Waals surface area contributed by atoms with E-state index in [1.54, 1.807) is 0 Å². The van der Waals surface area contributed by atoms with Gasteiger partial charge in [-0.1, -0.05) is 13.8 Å². The lowest BCUT2D eigenvalue weighted by Gasteiger charge is -2.32. The second-order valence-electron chi connectivity index (χ2n) is 8.11. The average molecular weight is 518 g/mol. The summed E-state index contributed by atoms with van der Waals surface area (Å²) in [7, 11) is 0. The van der Waals surface area contributed by atoms with Crippen molar-refractivity contribution in [1.29, 1.82) is 0 Å². The molecule has 0 aromatic carbocycles. The largest absolute Gasteiger partial charge is 0.481 e. The second kappa shape index (κ2) is 14.3. The summed E-state index contributed by atoms with van der Waals surface area (Å²) in [6.07, 6.45) is -3.01. The first-order chi connectivity index (χ1) is 16.5. The molecule has 0 saturated heterocycles. The zero-order chi connectivity index (χ0) is 28.3. The van der Waals surface area contributed by atoms with E-state index < -0.39 is 103 Å². The zero-order valence-electron chi connectivity index (χ0n) is 19.8. The third-order valence-corrected chi connectivity index (χ3v) is 4.78. The molecule has 0 aromatic heterocycles. The Morgan fingerprint density at radius 1 is 0.806 bits per heavy atom. The summed E-state index contributed by atoms with van der Waals surface area (Å²) in [5.74, 6) is -11.5. The monoisotopic (exact) mass is 518 g/mol. The molecule has 4 unspecified atom stereocenters. The van der Waals surface area contributed by atoms with Crippen LogP contribution in [0.1, 0.15) is 46.5 Å². The van der Waals surface area contributed by atoms with Gasteiger partial charge < -0.3 is 36.8 Å². The first-order valence-electron chi connectivity index (χ1n) is 10.6. The van der Waals surface area contributed by atoms with Gasteiger partial charge in [-0.2, -0.15) is 0 Å². The van der Waals surface area contributed by atoms with E-state index in [2.05, 4.69) is 10.6 Å². The number of hydrogen-bond donors (Lipinski definition) is 7. The highest BCUT2D eigenvalue weighted by Gasteiger charge is 2.40. The van der Waals surface area contributed by atoms with E-state index in [0.29, 0.717) is 0 Å². The van der Waals surface area contributed by atoms with Crippen LogP contribution in [-0.4, -0.2) is 97.0 Å². The van der Waals surface area contributed by atoms with E-state index in [4.69, 9.17) is 21.1 Å². The molecule has 0 radical (unpaired) electrons. The molecule has 4 atom stereocenters. The van der Waals surface area contributed by atoms with Gasteiger partial charge >= 0.3 is 23.9 Å². The average Bonchev–Trinajstić information content (AvgIpc) is 2.72. The summed E-state index contributed by atoms with van der Waals surface area (Å²) < 4.78 is 0. The van der Waals surface area contributed by atoms with E-state index in [1.807, 2.05) is 0 Å². The van der Waals surface area contributed by atoms with Gasteiger partial charge in [0.25, 0.3) is 5.91 Å². The molecule has 36 heavy (non-hydrogen) atoms. The molecule has 0 aliphatic heterocycles. The summed E-state index contributed by atoms with van der Waals surface area (Å²) in [5.41, 5.74) is 5.45. The lowest BCUT2D eigenvalue weighted by Crippen LogP contribution is -2.60. The lowest BCUT2D eigenvalue weighted by molar-refractivity contribution is -0.161. The fourth-order valence-corrected chi connectivity index (χ4v) is 3.00. The van der Waals surface area contributed by atoms with Gasteiger partial charge in [0, 0.05) is 13.3 Å². The van der Waals surface area contributed by atoms with Crippen LogP contribution in [0.2, 0.25) is 0 Å². The first-order valence-corrected chi connectivity index (χ1v) is 10.6. The number of imide groups is 1. The van der Waals surface area contributed by atoms with Crippen LogP contribution >= 0.6 is 0 Å². The van der Waals surface area contributed by atoms with Crippen molar-refractivity contribution >= 4 is 47.5 Å². The first kappa shape index (κ1) is 31.9. The molecule has 8 N–H and O–H groups in total. The van der Waals surface area contributed by atoms with E-state index in [9.17, 15) is 43.5 Å². The van der Waals surface area contributed by atoms with Crippen molar-refractivity contribution in [2.75, 3.05) is 0 Å². The second-order valence-corrected chi connectivity index (χ2v) is 8.11. The predicted octanol–water partition coefficient (Wildman–Crippen LogP) is -2.42. The van der Waals surface area contributed by atoms with E-state index in [1.165, 1.54) is 13.8 Å². The van der Waals surface area contributed by atoms with Gasteiger partial charge in [-0.3, -0.25) is 38.5 Å². The maximum atomic E-state index is 13.1. The van der Waals surface area contributed by atoms with Crippen molar-refractivity contribution in [2.45, 2.75) is 70.6 Å². The molecule has 0 bridgehead atoms. The summed E-state index contributed by atoms with van der Waals surface area (Å²) >= 11 is 0. The van der Waals surface area contributed by atoms with E-state index in [0.717, 1.165) is 6.92 Å². The van der Waals surface area contributed by atoms with Crippen LogP contribution < -0.4 is 16.4 Å². The van der Waals surface area contributed by atoms with Crippen LogP contribution in [0.5, 0.6) is 0 Å². The van der Waals surface area contributed by atoms with Gasteiger partial charge in [0.15, 0.2) is 0 Å². The normalized spacial score (nSPS) is 14.0. The summed E-state index contributed by atoms with van der Waals surface area (Å²) in [4.78, 5) is 94.8. The number of nitrogens with two attached hydrogens (primary N) is 1. The van der Waals surface area contributed by atoms with Crippen molar-refractivity contribution in [3.63, 3.8) is 0 Å². The predicted molar refractivity (Wildman–Crippen MR) is 117 cm³/mol. The number of nitrogens with zero attached hydrogens (tertiary/aromatic N) is 1. The maximum Gasteiger partial charge on any atom is 0.327 e. The molecule has 16 heteroatoms. The molecule has 4 amide bonds. The zero-order valence-corrected chi connectivity index (χ0v) is 19.8. The quantitative estimate of drug-likeness (QED) is 0.119. The summed E-state index contributed by atoms with van der Waals surface area (Å²) in [5, 5.41) is 40.4. The highest BCUT2D eigenvalue weighted by atomic mass is 16.4. The lowest BCUT2D eigenvalue weighted by atomic mass is 9.99. The van der Waals surface area contributed by atoms with Gasteiger partial charge in [0.05, 0.1) is 18.9 Å². The van der Waals surface area contributed by atoms with Gasteiger partial charge in [0.1, 0.15) is 18.1 Å². The molecule has 0 spiro atoms. The number of carboxylic acid groups (broad SMARTS) is 4. The number of amides is 4. The smallest absolute Gasteiger partial charge is 0.327 e. The van der Waals surface area contributed by atoms with Crippen LogP contribution in [-0.2, 0) is 38.4 Å². The molecule has 0 heterocycles. The molecule has 0 aliphatic carbocycles. The Kier molecular flexibility index (Phi) is 12.7. The van der Waals surface area contributed by atoms with Crippen molar-refractivity contribution < 1.29 is 58.8 Å². The Bertz CT molecular complexity index is 903. The van der Waals surface area contributed by atoms with Crippen LogP contribution in [0.3, 0.4) is 0 Å². The molecule has 0 rings (SSSR count). The maximum absolute atomic E-state index is 13.1. The summed E-state index contributed by atoms with van der Waals surface area (Å²) in [6, 6.07) is -6.84. The minimum absolute atomic E-state index is 0.189. The van der Waals surface area contributed by atoms with E-state index in [-0.39, 0.29) is 4.90 Å². The molecule has 0 fully saturated rings. The molecular weight excluding hydrogens is 488 g/mol. The summed E-state index contributed by atoms with van der Waals surface area (Å²) in [6.45, 7) is 3.66. The molecule has 0 aromatic rings. The fourth-order valence-electron chi connectivity index (χ4n) is 3.00. The highest BCUT2D eigenvalue weighted by Crippen LogP contribution is 2.14. The number of carbonyl (C=O) groups excluding carboxylic acids is 4. The number of aliphatic carboxylic acids is 4. The van der Waals surface area contributed by atoms with Gasteiger partial charge in [0.2, 0.25) is 17.7 Å². The number of carbonyl (C=O) groups is 8. The molecule has 16 nitrogen and oxygen atoms in total. The van der Waals surface area contributed by atoms with Crippen molar-refractivity contribution in [2.24, 2.45) is 11.7 Å². The van der Waals surface area contributed by atoms with Crippen molar-refractivity contribution in [3.8, 4) is 0 Å². The molecule has 0 saturated carbocycles. The Hall–Kier alpha value is -4.08. The number of nitrogens with one attached hydrogen (secondary N) is 2. The minimum atomic E-state index is -2.08. The highest BCUT2D eigenvalue weighted by molar-refractivity contribution is 6.03. The van der Waals surface area contributed by atoms with Crippen LogP contribution in [0.4, 0.5) is 0 Å². The van der Waals surface area contributed by atoms with Gasteiger partial charge in [-0.25, -0.2) is 4.79 Å². The topological polar surface area (TPSA) is 271 Å². The van der Waals surface area contributed by atoms with Crippen LogP contribution in [0, 0.1) is 5.92 Å². The molecule has 202 valence electrons. The van der Waals surface area contributed by atoms with E-state index >= 15 is 0 Å². The Balaban J connectivity index is 6.01. The Morgan fingerprint density at radius 3 is 1.72 bits per heavy atom. The Labute approximate surface area is 204 Å². The minimum Gasteiger partial charge on any atom is -0.481 e.